The Morgan fingerprint density at radius 3 is 2.37 bits per heavy atom. The van der Waals surface area contributed by atoms with Gasteiger partial charge in [-0.05, 0) is 37.6 Å². The van der Waals surface area contributed by atoms with Gasteiger partial charge in [-0.15, -0.1) is 0 Å². The van der Waals surface area contributed by atoms with E-state index in [1.807, 2.05) is 6.08 Å². The predicted octanol–water partition coefficient (Wildman–Crippen LogP) is 5.69. The van der Waals surface area contributed by atoms with E-state index in [9.17, 15) is 34.8 Å². The lowest BCUT2D eigenvalue weighted by Gasteiger charge is -2.38. The number of ether oxygens (including phenoxy) is 4. The third-order valence-electron chi connectivity index (χ3n) is 11.9. The number of phenolic OH excluding ortho intramolecular Hbond substituents is 2. The van der Waals surface area contributed by atoms with Crippen LogP contribution in [0.3, 0.4) is 0 Å². The number of carbonyl (C=O) groups is 3. The number of aliphatic hydroxyl groups is 2. The van der Waals surface area contributed by atoms with Crippen molar-refractivity contribution in [3.8, 4) is 17.2 Å². The van der Waals surface area contributed by atoms with E-state index in [4.69, 9.17) is 23.8 Å². The molecule has 60 heavy (non-hydrogen) atoms. The number of anilines is 3. The summed E-state index contributed by atoms with van der Waals surface area (Å²) in [5, 5.41) is 57.0. The molecule has 1 amide bonds. The highest BCUT2D eigenvalue weighted by atomic mass is 16.7. The average Bonchev–Trinajstić information content (AvgIpc) is 3.72. The zero-order valence-electron chi connectivity index (χ0n) is 35.3. The first-order valence-electron chi connectivity index (χ1n) is 19.8. The number of ketones is 1. The third kappa shape index (κ3) is 7.70. The molecule has 0 aliphatic carbocycles. The molecule has 6 N–H and O–H groups in total. The number of fused-ring (bicyclic) bond motifs is 2. The van der Waals surface area contributed by atoms with Crippen LogP contribution in [-0.4, -0.2) is 94.9 Å². The number of hydrogen-bond acceptors (Lipinski definition) is 15. The molecule has 2 aromatic rings. The van der Waals surface area contributed by atoms with Crippen LogP contribution < -0.4 is 20.3 Å². The minimum absolute atomic E-state index is 0.0255. The van der Waals surface area contributed by atoms with Gasteiger partial charge >= 0.3 is 11.8 Å². The number of benzene rings is 2. The Kier molecular flexibility index (Phi) is 12.4. The summed E-state index contributed by atoms with van der Waals surface area (Å²) >= 11 is 0. The highest BCUT2D eigenvalue weighted by molar-refractivity contribution is 6.27. The van der Waals surface area contributed by atoms with Crippen molar-refractivity contribution >= 4 is 51.7 Å². The minimum Gasteiger partial charge on any atom is -0.507 e. The number of methoxy groups -OCH3 is 1. The number of hydrogen-bond donors (Lipinski definition) is 6. The van der Waals surface area contributed by atoms with Gasteiger partial charge in [0.25, 0.3) is 11.7 Å². The molecule has 4 aliphatic heterocycles. The van der Waals surface area contributed by atoms with Gasteiger partial charge in [0.1, 0.15) is 36.6 Å². The summed E-state index contributed by atoms with van der Waals surface area (Å²) in [6.45, 7) is 12.8. The van der Waals surface area contributed by atoms with Crippen LogP contribution in [0.2, 0.25) is 0 Å². The first-order valence-corrected chi connectivity index (χ1v) is 19.8. The van der Waals surface area contributed by atoms with Gasteiger partial charge in [-0.25, -0.2) is 0 Å². The maximum Gasteiger partial charge on any atom is 0.312 e. The fourth-order valence-electron chi connectivity index (χ4n) is 8.38. The average molecular weight is 831 g/mol. The highest BCUT2D eigenvalue weighted by Gasteiger charge is 2.51. The highest BCUT2D eigenvalue weighted by Crippen LogP contribution is 2.59. The number of aliphatic hydroxyl groups excluding tert-OH is 2. The summed E-state index contributed by atoms with van der Waals surface area (Å²) in [7, 11) is 2.88. The number of esters is 1. The van der Waals surface area contributed by atoms with Crippen molar-refractivity contribution in [2.24, 2.45) is 28.8 Å². The Morgan fingerprint density at radius 1 is 0.983 bits per heavy atom. The predicted molar refractivity (Wildman–Crippen MR) is 225 cm³/mol. The summed E-state index contributed by atoms with van der Waals surface area (Å²) in [5.74, 6) is -7.03. The van der Waals surface area contributed by atoms with Gasteiger partial charge in [0, 0.05) is 67.4 Å². The molecule has 4 heterocycles. The molecule has 0 fully saturated rings. The van der Waals surface area contributed by atoms with Crippen molar-refractivity contribution in [2.45, 2.75) is 91.8 Å². The lowest BCUT2D eigenvalue weighted by Crippen LogP contribution is -2.46. The number of oxime groups is 1. The van der Waals surface area contributed by atoms with Gasteiger partial charge in [-0.3, -0.25) is 14.4 Å². The summed E-state index contributed by atoms with van der Waals surface area (Å²) in [6.07, 6.45) is 10.0. The number of nitrogens with zero attached hydrogens (tertiary/aromatic N) is 2. The van der Waals surface area contributed by atoms with E-state index in [1.54, 1.807) is 70.0 Å². The quantitative estimate of drug-likeness (QED) is 0.0718. The van der Waals surface area contributed by atoms with Crippen molar-refractivity contribution in [1.29, 1.82) is 0 Å². The zero-order valence-corrected chi connectivity index (χ0v) is 35.3. The fourth-order valence-corrected chi connectivity index (χ4v) is 8.38. The minimum atomic E-state index is -1.97. The molecule has 1 unspecified atom stereocenters. The fraction of sp³-hybridized carbons (Fsp3) is 0.455. The van der Waals surface area contributed by atoms with Gasteiger partial charge < -0.3 is 59.7 Å². The Morgan fingerprint density at radius 2 is 1.70 bits per heavy atom. The van der Waals surface area contributed by atoms with E-state index in [-0.39, 0.29) is 44.7 Å². The molecule has 16 nitrogen and oxygen atoms in total. The van der Waals surface area contributed by atoms with Gasteiger partial charge in [0.15, 0.2) is 5.75 Å². The van der Waals surface area contributed by atoms with Gasteiger partial charge in [-0.2, -0.15) is 0 Å². The lowest BCUT2D eigenvalue weighted by atomic mass is 9.78. The van der Waals surface area contributed by atoms with E-state index in [1.165, 1.54) is 53.5 Å². The van der Waals surface area contributed by atoms with Crippen LogP contribution in [0.15, 0.2) is 65.2 Å². The van der Waals surface area contributed by atoms with Crippen molar-refractivity contribution in [1.82, 2.24) is 0 Å². The normalized spacial score (nSPS) is 32.6. The largest absolute Gasteiger partial charge is 0.507 e. The van der Waals surface area contributed by atoms with Crippen molar-refractivity contribution < 1.29 is 58.6 Å². The molecule has 0 aromatic heterocycles. The number of nitrogens with one attached hydrogen (secondary N) is 2. The molecule has 322 valence electrons. The Balaban J connectivity index is 1.54. The van der Waals surface area contributed by atoms with E-state index in [2.05, 4.69) is 15.8 Å². The monoisotopic (exact) mass is 830 g/mol. The molecule has 6 rings (SSSR count). The number of carbonyl (C=O) groups excluding carboxylic acids is 3. The summed E-state index contributed by atoms with van der Waals surface area (Å²) in [5.41, 5.74) is 1.65. The van der Waals surface area contributed by atoms with E-state index >= 15 is 0 Å². The first kappa shape index (κ1) is 43.7. The Labute approximate surface area is 348 Å². The van der Waals surface area contributed by atoms with E-state index in [0.717, 1.165) is 0 Å². The molecular weight excluding hydrogens is 776 g/mol. The molecule has 4 aliphatic rings. The molecule has 0 saturated heterocycles. The van der Waals surface area contributed by atoms with Crippen molar-refractivity contribution in [3.63, 3.8) is 0 Å². The summed E-state index contributed by atoms with van der Waals surface area (Å²) in [6, 6.07) is 0. The second kappa shape index (κ2) is 17.0. The van der Waals surface area contributed by atoms with Crippen LogP contribution in [0.4, 0.5) is 17.1 Å². The molecule has 0 spiro atoms. The molecule has 0 saturated carbocycles. The number of amides is 1. The number of aromatic hydroxyl groups is 2. The standard InChI is InChI=1S/C44H54N4O12/c1-20-12-11-13-21(2)43(55)47-34-35-33(46-29-18-27(19-45-57-10)14-16-48(29)35)30-31(39(34)53)38(52)25(6)41-32(30)42(54)44(8,60-41)58-17-15-28(56-9)22(3)40(59-26(7)49)24(5)37(51)23(4)36(20)50/h11-20,22-24,28-29,36-37,40,46,50-53H,1-10H3,(H,47,55)/b12-11+,17-15+,21-13-,45-19+/t20-,22+,23+,24+,28-,29?,36-,37+,40+,44-/m0/s1. The number of rotatable bonds is 4. The van der Waals surface area contributed by atoms with Gasteiger partial charge in [-0.1, -0.05) is 51.1 Å². The molecule has 2 aromatic carbocycles. The molecule has 4 bridgehead atoms. The van der Waals surface area contributed by atoms with Gasteiger partial charge in [0.05, 0.1) is 53.1 Å². The number of allylic oxidation sites excluding steroid dienone is 4. The molecule has 0 radical (unpaired) electrons. The number of Topliss-reactive ketones (excluding diaryl/α,β-unsaturated/α-hetero) is 1. The molecular formula is C44H54N4O12. The Bertz CT molecular complexity index is 2260. The summed E-state index contributed by atoms with van der Waals surface area (Å²) in [4.78, 5) is 47.6. The third-order valence-corrected chi connectivity index (χ3v) is 11.9. The van der Waals surface area contributed by atoms with Gasteiger partial charge in [0.2, 0.25) is 0 Å². The molecule has 10 atom stereocenters. The second-order valence-corrected chi connectivity index (χ2v) is 16.0. The zero-order chi connectivity index (χ0) is 44.0. The molecule has 16 heteroatoms. The smallest absolute Gasteiger partial charge is 0.312 e. The van der Waals surface area contributed by atoms with Crippen LogP contribution >= 0.6 is 0 Å². The number of phenols is 2. The van der Waals surface area contributed by atoms with Crippen LogP contribution in [0, 0.1) is 30.6 Å². The second-order valence-electron chi connectivity index (χ2n) is 16.0. The van der Waals surface area contributed by atoms with Crippen LogP contribution in [-0.2, 0) is 28.6 Å². The van der Waals surface area contributed by atoms with Crippen molar-refractivity contribution in [2.75, 3.05) is 29.8 Å². The maximum absolute atomic E-state index is 14.7. The maximum atomic E-state index is 14.7. The Hall–Kier alpha value is -5.84. The first-order chi connectivity index (χ1) is 28.4. The van der Waals surface area contributed by atoms with E-state index < -0.39 is 83.4 Å². The van der Waals surface area contributed by atoms with Crippen molar-refractivity contribution in [3.05, 3.63) is 71.2 Å². The van der Waals surface area contributed by atoms with E-state index in [0.29, 0.717) is 16.9 Å². The SMILES string of the molecule is CO/N=C/C1=CC2Nc3c(c4c(O)c5c(O)c(C)c6c(c35)C(=O)[C@@](C)(O/C=C/[C@H](OC)[C@@H](C)[C@@H](OC(C)=O)[C@H](C)[C@H](O)[C@H](C)[C@@H](O)[C@@H](C)/C=C/C=C(/C)C(=O)N4)O6)N2C=C1. The topological polar surface area (TPSA) is 218 Å². The summed E-state index contributed by atoms with van der Waals surface area (Å²) < 4.78 is 23.9. The van der Waals surface area contributed by atoms with Crippen LogP contribution in [0.5, 0.6) is 17.2 Å². The van der Waals surface area contributed by atoms with Crippen LogP contribution in [0.25, 0.3) is 10.8 Å². The lowest BCUT2D eigenvalue weighted by molar-refractivity contribution is -0.160. The van der Waals surface area contributed by atoms with Crippen LogP contribution in [0.1, 0.15) is 64.4 Å².